The molecule has 0 heterocycles. The van der Waals surface area contributed by atoms with Crippen LogP contribution in [0, 0.1) is 0 Å². The third-order valence-electron chi connectivity index (χ3n) is 4.34. The van der Waals surface area contributed by atoms with E-state index in [9.17, 15) is 5.11 Å². The Morgan fingerprint density at radius 2 is 1.93 bits per heavy atom. The van der Waals surface area contributed by atoms with Gasteiger partial charge in [0.1, 0.15) is 17.6 Å². The maximum absolute atomic E-state index is 10.1. The van der Waals surface area contributed by atoms with Crippen molar-refractivity contribution in [3.63, 3.8) is 0 Å². The van der Waals surface area contributed by atoms with Gasteiger partial charge in [-0.1, -0.05) is 72.3 Å². The minimum Gasteiger partial charge on any atom is -0.508 e. The van der Waals surface area contributed by atoms with E-state index in [4.69, 9.17) is 9.73 Å². The highest BCUT2D eigenvalue weighted by atomic mass is 32.1. The molecule has 3 atom stereocenters. The van der Waals surface area contributed by atoms with Crippen LogP contribution in [0.25, 0.3) is 0 Å². The summed E-state index contributed by atoms with van der Waals surface area (Å²) in [5.41, 5.74) is 0.746. The van der Waals surface area contributed by atoms with E-state index in [2.05, 4.69) is 52.5 Å². The second-order valence-electron chi connectivity index (χ2n) is 7.81. The Bertz CT molecular complexity index is 674. The van der Waals surface area contributed by atoms with E-state index in [1.807, 2.05) is 44.3 Å². The number of aromatic hydroxyl groups is 1. The van der Waals surface area contributed by atoms with Gasteiger partial charge < -0.3 is 9.84 Å². The van der Waals surface area contributed by atoms with Gasteiger partial charge in [-0.05, 0) is 36.5 Å². The van der Waals surface area contributed by atoms with E-state index in [0.717, 1.165) is 30.6 Å². The molecule has 0 radical (unpaired) electrons. The zero-order valence-corrected chi connectivity index (χ0v) is 19.1. The Kier molecular flexibility index (Phi) is 10.4. The van der Waals surface area contributed by atoms with Gasteiger partial charge in [0.25, 0.3) is 0 Å². The van der Waals surface area contributed by atoms with Crippen LogP contribution in [0.2, 0.25) is 0 Å². The summed E-state index contributed by atoms with van der Waals surface area (Å²) in [7, 11) is 0. The summed E-state index contributed by atoms with van der Waals surface area (Å²) in [6.07, 6.45) is 12.9. The molecular formula is C24H37NO2S. The number of aliphatic imine (C=N–C) groups is 1. The van der Waals surface area contributed by atoms with Gasteiger partial charge in [-0.3, -0.25) is 4.99 Å². The highest BCUT2D eigenvalue weighted by Crippen LogP contribution is 2.33. The number of hydrogen-bond donors (Lipinski definition) is 2. The van der Waals surface area contributed by atoms with Gasteiger partial charge in [-0.2, -0.15) is 12.6 Å². The number of ether oxygens (including phenoxy) is 1. The molecule has 1 aliphatic carbocycles. The van der Waals surface area contributed by atoms with Crippen molar-refractivity contribution in [2.45, 2.75) is 83.6 Å². The lowest BCUT2D eigenvalue weighted by molar-refractivity contribution is 0.258. The van der Waals surface area contributed by atoms with Gasteiger partial charge in [0.15, 0.2) is 0 Å². The standard InChI is InChI=1S/C22H31NO2S.C2H6/c1-5-8-18(15-23-16-9-6-7-10-19(26)13-16)25-17-11-12-21(24)20(14-17)22(2,3)4;1-2/h6-7,9-12,14-16,18-19,24,26H,5,8,13H2,1-4H3;1-2H3. The lowest BCUT2D eigenvalue weighted by Gasteiger charge is -2.22. The number of nitrogens with zero attached hydrogens (tertiary/aromatic N) is 1. The monoisotopic (exact) mass is 403 g/mol. The molecule has 4 heteroatoms. The third kappa shape index (κ3) is 8.14. The van der Waals surface area contributed by atoms with Crippen LogP contribution in [0.4, 0.5) is 0 Å². The highest BCUT2D eigenvalue weighted by molar-refractivity contribution is 7.81. The normalized spacial score (nSPS) is 20.4. The third-order valence-corrected chi connectivity index (χ3v) is 4.72. The van der Waals surface area contributed by atoms with E-state index >= 15 is 0 Å². The highest BCUT2D eigenvalue weighted by Gasteiger charge is 2.19. The molecule has 0 saturated heterocycles. The first-order valence-corrected chi connectivity index (χ1v) is 10.9. The number of phenols is 1. The lowest BCUT2D eigenvalue weighted by atomic mass is 9.86. The van der Waals surface area contributed by atoms with Gasteiger partial charge in [0.2, 0.25) is 0 Å². The minimum atomic E-state index is -0.141. The van der Waals surface area contributed by atoms with E-state index in [1.165, 1.54) is 0 Å². The molecule has 0 amide bonds. The summed E-state index contributed by atoms with van der Waals surface area (Å²) in [5.74, 6) is 1.07. The van der Waals surface area contributed by atoms with Crippen molar-refractivity contribution >= 4 is 18.8 Å². The van der Waals surface area contributed by atoms with Crippen LogP contribution < -0.4 is 4.74 Å². The largest absolute Gasteiger partial charge is 0.508 e. The summed E-state index contributed by atoms with van der Waals surface area (Å²) in [6.45, 7) is 12.4. The van der Waals surface area contributed by atoms with E-state index in [0.29, 0.717) is 5.75 Å². The van der Waals surface area contributed by atoms with Crippen molar-refractivity contribution in [2.24, 2.45) is 4.99 Å². The van der Waals surface area contributed by atoms with Crippen LogP contribution in [-0.4, -0.2) is 28.7 Å². The molecule has 0 aliphatic heterocycles. The number of benzene rings is 1. The van der Waals surface area contributed by atoms with Crippen molar-refractivity contribution in [1.82, 2.24) is 0 Å². The Labute approximate surface area is 177 Å². The molecule has 0 bridgehead atoms. The maximum Gasteiger partial charge on any atom is 0.133 e. The molecule has 0 aromatic heterocycles. The van der Waals surface area contributed by atoms with Gasteiger partial charge in [-0.25, -0.2) is 0 Å². The topological polar surface area (TPSA) is 41.8 Å². The Morgan fingerprint density at radius 1 is 1.25 bits per heavy atom. The molecule has 0 fully saturated rings. The molecule has 1 aromatic carbocycles. The zero-order valence-electron chi connectivity index (χ0n) is 18.2. The van der Waals surface area contributed by atoms with Crippen molar-refractivity contribution in [1.29, 1.82) is 0 Å². The minimum absolute atomic E-state index is 0.0830. The fourth-order valence-corrected chi connectivity index (χ4v) is 3.23. The van der Waals surface area contributed by atoms with Gasteiger partial charge in [0.05, 0.1) is 6.04 Å². The predicted octanol–water partition coefficient (Wildman–Crippen LogP) is 6.52. The maximum atomic E-state index is 10.1. The van der Waals surface area contributed by atoms with Crippen LogP contribution in [0.1, 0.15) is 66.4 Å². The van der Waals surface area contributed by atoms with Crippen LogP contribution in [-0.2, 0) is 5.41 Å². The zero-order chi connectivity index (χ0) is 21.2. The van der Waals surface area contributed by atoms with Crippen LogP contribution in [0.15, 0.2) is 47.5 Å². The average molecular weight is 404 g/mol. The molecule has 1 N–H and O–H groups in total. The summed E-state index contributed by atoms with van der Waals surface area (Å²) in [4.78, 5) is 4.72. The summed E-state index contributed by atoms with van der Waals surface area (Å²) >= 11 is 4.55. The van der Waals surface area contributed by atoms with Gasteiger partial charge in [0, 0.05) is 17.0 Å². The number of phenolic OH excluding ortho intramolecular Hbond substituents is 1. The second-order valence-corrected chi connectivity index (χ2v) is 8.48. The fourth-order valence-electron chi connectivity index (χ4n) is 2.92. The molecular weight excluding hydrogens is 366 g/mol. The molecule has 1 aliphatic rings. The van der Waals surface area contributed by atoms with E-state index < -0.39 is 0 Å². The Morgan fingerprint density at radius 3 is 2.57 bits per heavy atom. The summed E-state index contributed by atoms with van der Waals surface area (Å²) < 4.78 is 6.18. The first-order chi connectivity index (χ1) is 13.3. The number of hydrogen-bond acceptors (Lipinski definition) is 4. The van der Waals surface area contributed by atoms with Gasteiger partial charge in [-0.15, -0.1) is 0 Å². The molecule has 3 unspecified atom stereocenters. The molecule has 0 saturated carbocycles. The Balaban J connectivity index is 0.00000190. The number of rotatable bonds is 6. The SMILES string of the molecule is CC.CCCC(C=NC1C=CC=CC(S)C1)Oc1ccc(O)c(C(C)(C)C)c1. The number of thiol groups is 1. The molecule has 2 rings (SSSR count). The van der Waals surface area contributed by atoms with Crippen molar-refractivity contribution in [3.05, 3.63) is 48.1 Å². The Hall–Kier alpha value is -1.68. The molecule has 28 heavy (non-hydrogen) atoms. The molecule has 156 valence electrons. The molecule has 0 spiro atoms. The smallest absolute Gasteiger partial charge is 0.133 e. The van der Waals surface area contributed by atoms with Gasteiger partial charge >= 0.3 is 0 Å². The van der Waals surface area contributed by atoms with E-state index in [1.54, 1.807) is 6.07 Å². The molecule has 1 aromatic rings. The molecule has 3 nitrogen and oxygen atoms in total. The summed E-state index contributed by atoms with van der Waals surface area (Å²) in [6, 6.07) is 5.59. The van der Waals surface area contributed by atoms with E-state index in [-0.39, 0.29) is 22.8 Å². The van der Waals surface area contributed by atoms with Crippen molar-refractivity contribution < 1.29 is 9.84 Å². The quantitative estimate of drug-likeness (QED) is 0.419. The average Bonchev–Trinajstić information content (AvgIpc) is 2.86. The van der Waals surface area contributed by atoms with Crippen molar-refractivity contribution in [3.8, 4) is 11.5 Å². The summed E-state index contributed by atoms with van der Waals surface area (Å²) in [5, 5.41) is 10.4. The number of allylic oxidation sites excluding steroid dienone is 2. The predicted molar refractivity (Wildman–Crippen MR) is 125 cm³/mol. The first kappa shape index (κ1) is 24.4. The van der Waals surface area contributed by atoms with Crippen LogP contribution in [0.5, 0.6) is 11.5 Å². The fraction of sp³-hybridized carbons (Fsp3) is 0.542. The van der Waals surface area contributed by atoms with Crippen molar-refractivity contribution in [2.75, 3.05) is 0 Å². The first-order valence-electron chi connectivity index (χ1n) is 10.4. The van der Waals surface area contributed by atoms with Crippen LogP contribution >= 0.6 is 12.6 Å². The van der Waals surface area contributed by atoms with Crippen LogP contribution in [0.3, 0.4) is 0 Å². The lowest BCUT2D eigenvalue weighted by Crippen LogP contribution is -2.20. The second kappa shape index (κ2) is 12.0.